The van der Waals surface area contributed by atoms with E-state index in [1.54, 1.807) is 7.11 Å². The van der Waals surface area contributed by atoms with Crippen LogP contribution in [0.5, 0.6) is 5.75 Å². The van der Waals surface area contributed by atoms with Gasteiger partial charge in [0.25, 0.3) is 0 Å². The molecule has 0 aromatic heterocycles. The quantitative estimate of drug-likeness (QED) is 0.758. The molecule has 0 bridgehead atoms. The molecule has 0 spiro atoms. The maximum atomic E-state index is 12.0. The van der Waals surface area contributed by atoms with Crippen molar-refractivity contribution in [2.24, 2.45) is 5.92 Å². The lowest BCUT2D eigenvalue weighted by atomic mass is 10.1. The minimum Gasteiger partial charge on any atom is -0.497 e. The fourth-order valence-electron chi connectivity index (χ4n) is 2.28. The molecule has 0 N–H and O–H groups in total. The number of carbonyl (C=O) groups is 1. The minimum absolute atomic E-state index is 0.299. The lowest BCUT2D eigenvalue weighted by molar-refractivity contribution is -0.119. The van der Waals surface area contributed by atoms with Gasteiger partial charge < -0.3 is 9.64 Å². The first-order chi connectivity index (χ1) is 7.79. The highest BCUT2D eigenvalue weighted by Gasteiger charge is 2.36. The fourth-order valence-corrected chi connectivity index (χ4v) is 2.28. The van der Waals surface area contributed by atoms with Crippen molar-refractivity contribution in [3.8, 4) is 5.75 Å². The Morgan fingerprint density at radius 2 is 2.25 bits per heavy atom. The average molecular weight is 217 g/mol. The molecule has 1 aromatic rings. The second-order valence-electron chi connectivity index (χ2n) is 4.51. The number of amides is 1. The van der Waals surface area contributed by atoms with Crippen molar-refractivity contribution in [2.75, 3.05) is 18.6 Å². The SMILES string of the molecule is COc1ccc2c(c1)CCN2C(=O)C1CC1. The second-order valence-corrected chi connectivity index (χ2v) is 4.51. The van der Waals surface area contributed by atoms with Crippen LogP contribution in [0.25, 0.3) is 0 Å². The van der Waals surface area contributed by atoms with Crippen molar-refractivity contribution >= 4 is 11.6 Å². The molecule has 1 saturated carbocycles. The summed E-state index contributed by atoms with van der Waals surface area (Å²) in [6, 6.07) is 5.97. The predicted molar refractivity (Wildman–Crippen MR) is 61.8 cm³/mol. The van der Waals surface area contributed by atoms with Crippen LogP contribution in [0.1, 0.15) is 18.4 Å². The maximum absolute atomic E-state index is 12.0. The summed E-state index contributed by atoms with van der Waals surface area (Å²) in [5.41, 5.74) is 2.31. The van der Waals surface area contributed by atoms with E-state index in [1.807, 2.05) is 23.1 Å². The summed E-state index contributed by atoms with van der Waals surface area (Å²) in [4.78, 5) is 14.0. The molecule has 1 aromatic carbocycles. The molecule has 0 saturated heterocycles. The normalized spacial score (nSPS) is 18.4. The van der Waals surface area contributed by atoms with Crippen molar-refractivity contribution < 1.29 is 9.53 Å². The molecule has 3 nitrogen and oxygen atoms in total. The third-order valence-corrected chi connectivity index (χ3v) is 3.37. The van der Waals surface area contributed by atoms with Gasteiger partial charge in [0.2, 0.25) is 5.91 Å². The van der Waals surface area contributed by atoms with E-state index in [2.05, 4.69) is 0 Å². The van der Waals surface area contributed by atoms with Gasteiger partial charge in [-0.25, -0.2) is 0 Å². The third kappa shape index (κ3) is 1.47. The molecular weight excluding hydrogens is 202 g/mol. The maximum Gasteiger partial charge on any atom is 0.230 e. The van der Waals surface area contributed by atoms with Crippen molar-refractivity contribution in [1.82, 2.24) is 0 Å². The number of benzene rings is 1. The Bertz CT molecular complexity index is 438. The first kappa shape index (κ1) is 9.70. The van der Waals surface area contributed by atoms with Crippen LogP contribution in [-0.4, -0.2) is 19.6 Å². The highest BCUT2D eigenvalue weighted by Crippen LogP contribution is 2.37. The summed E-state index contributed by atoms with van der Waals surface area (Å²) >= 11 is 0. The Kier molecular flexibility index (Phi) is 2.13. The lowest BCUT2D eigenvalue weighted by Crippen LogP contribution is -2.30. The fraction of sp³-hybridized carbons (Fsp3) is 0.462. The van der Waals surface area contributed by atoms with E-state index in [0.717, 1.165) is 37.2 Å². The van der Waals surface area contributed by atoms with Crippen LogP contribution >= 0.6 is 0 Å². The van der Waals surface area contributed by atoms with Crippen molar-refractivity contribution in [3.63, 3.8) is 0 Å². The first-order valence-electron chi connectivity index (χ1n) is 5.78. The number of methoxy groups -OCH3 is 1. The highest BCUT2D eigenvalue weighted by molar-refractivity contribution is 5.98. The zero-order chi connectivity index (χ0) is 11.1. The van der Waals surface area contributed by atoms with Crippen LogP contribution in [0.15, 0.2) is 18.2 Å². The minimum atomic E-state index is 0.299. The molecule has 1 aliphatic heterocycles. The first-order valence-corrected chi connectivity index (χ1v) is 5.78. The predicted octanol–water partition coefficient (Wildman–Crippen LogP) is 1.99. The number of anilines is 1. The van der Waals surface area contributed by atoms with Gasteiger partial charge in [0.05, 0.1) is 7.11 Å². The van der Waals surface area contributed by atoms with Crippen LogP contribution in [0.4, 0.5) is 5.69 Å². The van der Waals surface area contributed by atoms with Gasteiger partial charge in [-0.05, 0) is 43.0 Å². The molecule has 1 amide bonds. The molecular formula is C13H15NO2. The lowest BCUT2D eigenvalue weighted by Gasteiger charge is -2.17. The Hall–Kier alpha value is -1.51. The highest BCUT2D eigenvalue weighted by atomic mass is 16.5. The molecule has 0 radical (unpaired) electrons. The van der Waals surface area contributed by atoms with Crippen molar-refractivity contribution in [3.05, 3.63) is 23.8 Å². The molecule has 1 fully saturated rings. The molecule has 84 valence electrons. The van der Waals surface area contributed by atoms with E-state index in [4.69, 9.17) is 4.74 Å². The summed E-state index contributed by atoms with van der Waals surface area (Å²) in [7, 11) is 1.67. The number of carbonyl (C=O) groups excluding carboxylic acids is 1. The number of rotatable bonds is 2. The van der Waals surface area contributed by atoms with E-state index in [1.165, 1.54) is 5.56 Å². The molecule has 3 rings (SSSR count). The third-order valence-electron chi connectivity index (χ3n) is 3.37. The summed E-state index contributed by atoms with van der Waals surface area (Å²) in [5.74, 6) is 1.48. The van der Waals surface area contributed by atoms with E-state index in [9.17, 15) is 4.79 Å². The Balaban J connectivity index is 1.90. The second kappa shape index (κ2) is 3.51. The van der Waals surface area contributed by atoms with Gasteiger partial charge in [-0.1, -0.05) is 0 Å². The average Bonchev–Trinajstić information content (AvgIpc) is 3.08. The number of nitrogens with zero attached hydrogens (tertiary/aromatic N) is 1. The molecule has 1 heterocycles. The zero-order valence-electron chi connectivity index (χ0n) is 9.40. The number of ether oxygens (including phenoxy) is 1. The van der Waals surface area contributed by atoms with Gasteiger partial charge >= 0.3 is 0 Å². The zero-order valence-corrected chi connectivity index (χ0v) is 9.40. The van der Waals surface area contributed by atoms with E-state index in [0.29, 0.717) is 11.8 Å². The van der Waals surface area contributed by atoms with Gasteiger partial charge in [0.15, 0.2) is 0 Å². The summed E-state index contributed by atoms with van der Waals surface area (Å²) in [6.45, 7) is 0.831. The molecule has 3 heteroatoms. The van der Waals surface area contributed by atoms with Gasteiger partial charge in [-0.15, -0.1) is 0 Å². The topological polar surface area (TPSA) is 29.5 Å². The van der Waals surface area contributed by atoms with E-state index in [-0.39, 0.29) is 0 Å². The van der Waals surface area contributed by atoms with Crippen LogP contribution in [0, 0.1) is 5.92 Å². The largest absolute Gasteiger partial charge is 0.497 e. The standard InChI is InChI=1S/C13H15NO2/c1-16-11-4-5-12-10(8-11)6-7-14(12)13(15)9-2-3-9/h4-5,8-9H,2-3,6-7H2,1H3. The van der Waals surface area contributed by atoms with E-state index < -0.39 is 0 Å². The van der Waals surface area contributed by atoms with Crippen LogP contribution < -0.4 is 9.64 Å². The summed E-state index contributed by atoms with van der Waals surface area (Å²) in [6.07, 6.45) is 3.09. The van der Waals surface area contributed by atoms with Gasteiger partial charge in [-0.3, -0.25) is 4.79 Å². The Morgan fingerprint density at radius 1 is 1.44 bits per heavy atom. The van der Waals surface area contributed by atoms with Crippen molar-refractivity contribution in [2.45, 2.75) is 19.3 Å². The number of fused-ring (bicyclic) bond motifs is 1. The molecule has 2 aliphatic rings. The Labute approximate surface area is 95.0 Å². The number of hydrogen-bond acceptors (Lipinski definition) is 2. The van der Waals surface area contributed by atoms with Crippen molar-refractivity contribution in [1.29, 1.82) is 0 Å². The molecule has 0 atom stereocenters. The monoisotopic (exact) mass is 217 g/mol. The molecule has 0 unspecified atom stereocenters. The van der Waals surface area contributed by atoms with E-state index >= 15 is 0 Å². The van der Waals surface area contributed by atoms with Gasteiger partial charge in [0, 0.05) is 18.2 Å². The van der Waals surface area contributed by atoms with Crippen LogP contribution in [0.3, 0.4) is 0 Å². The van der Waals surface area contributed by atoms with Gasteiger partial charge in [-0.2, -0.15) is 0 Å². The number of hydrogen-bond donors (Lipinski definition) is 0. The summed E-state index contributed by atoms with van der Waals surface area (Å²) in [5, 5.41) is 0. The van der Waals surface area contributed by atoms with Gasteiger partial charge in [0.1, 0.15) is 5.75 Å². The van der Waals surface area contributed by atoms with Crippen LogP contribution in [0.2, 0.25) is 0 Å². The summed E-state index contributed by atoms with van der Waals surface area (Å²) < 4.78 is 5.19. The molecule has 16 heavy (non-hydrogen) atoms. The smallest absolute Gasteiger partial charge is 0.230 e. The Morgan fingerprint density at radius 3 is 2.94 bits per heavy atom. The molecule has 1 aliphatic carbocycles. The van der Waals surface area contributed by atoms with Crippen LogP contribution in [-0.2, 0) is 11.2 Å².